The second-order valence-electron chi connectivity index (χ2n) is 7.74. The van der Waals surface area contributed by atoms with Crippen LogP contribution in [0.3, 0.4) is 0 Å². The van der Waals surface area contributed by atoms with E-state index in [1.165, 1.54) is 25.9 Å². The fourth-order valence-corrected chi connectivity index (χ4v) is 4.32. The zero-order chi connectivity index (χ0) is 26.6. The fourth-order valence-electron chi connectivity index (χ4n) is 4.32. The van der Waals surface area contributed by atoms with Crippen molar-refractivity contribution in [1.82, 2.24) is 4.57 Å². The lowest BCUT2D eigenvalue weighted by Gasteiger charge is -2.17. The average molecular weight is 496 g/mol. The number of carbonyl (C=O) groups excluding carboxylic acids is 2. The van der Waals surface area contributed by atoms with Crippen molar-refractivity contribution in [2.24, 2.45) is 0 Å². The lowest BCUT2D eigenvalue weighted by Crippen LogP contribution is -2.19. The minimum absolute atomic E-state index is 0.0318. The smallest absolute Gasteiger partial charge is 0.357 e. The molecule has 1 heterocycles. The number of esters is 2. The number of nitrogens with zero attached hydrogens (tertiary/aromatic N) is 2. The fraction of sp³-hybridized carbons (Fsp3) is 0.346. The summed E-state index contributed by atoms with van der Waals surface area (Å²) in [6.45, 7) is 5.09. The highest BCUT2D eigenvalue weighted by molar-refractivity contribution is 6.14. The van der Waals surface area contributed by atoms with Crippen molar-refractivity contribution < 1.29 is 33.3 Å². The Morgan fingerprint density at radius 2 is 1.61 bits per heavy atom. The number of methoxy groups -OCH3 is 3. The zero-order valence-corrected chi connectivity index (χ0v) is 21.2. The summed E-state index contributed by atoms with van der Waals surface area (Å²) in [4.78, 5) is 25.5. The van der Waals surface area contributed by atoms with Gasteiger partial charge in [0.15, 0.2) is 17.2 Å². The molecule has 0 saturated heterocycles. The third-order valence-electron chi connectivity index (χ3n) is 5.70. The Kier molecular flexibility index (Phi) is 7.94. The van der Waals surface area contributed by atoms with Crippen LogP contribution < -0.4 is 19.9 Å². The molecule has 10 nitrogen and oxygen atoms in total. The van der Waals surface area contributed by atoms with Crippen LogP contribution in [0.5, 0.6) is 17.2 Å². The van der Waals surface area contributed by atoms with E-state index in [9.17, 15) is 14.9 Å². The van der Waals surface area contributed by atoms with Gasteiger partial charge in [-0.1, -0.05) is 0 Å². The Labute approximate surface area is 209 Å². The number of benzene rings is 2. The summed E-state index contributed by atoms with van der Waals surface area (Å²) in [6.07, 6.45) is 0. The number of ether oxygens (including phenoxy) is 5. The summed E-state index contributed by atoms with van der Waals surface area (Å²) in [7, 11) is 4.51. The molecule has 36 heavy (non-hydrogen) atoms. The van der Waals surface area contributed by atoms with Gasteiger partial charge in [0.1, 0.15) is 12.6 Å². The molecule has 10 heteroatoms. The molecule has 2 N–H and O–H groups in total. The van der Waals surface area contributed by atoms with Gasteiger partial charge in [-0.15, -0.1) is 0 Å². The van der Waals surface area contributed by atoms with Gasteiger partial charge in [0.2, 0.25) is 5.75 Å². The lowest BCUT2D eigenvalue weighted by atomic mass is 9.93. The number of carbonyl (C=O) groups is 2. The van der Waals surface area contributed by atoms with Crippen molar-refractivity contribution in [3.05, 3.63) is 35.0 Å². The first-order valence-corrected chi connectivity index (χ1v) is 11.3. The second-order valence-corrected chi connectivity index (χ2v) is 7.74. The summed E-state index contributed by atoms with van der Waals surface area (Å²) in [5, 5.41) is 10.4. The number of anilines is 1. The first-order valence-electron chi connectivity index (χ1n) is 11.3. The maximum absolute atomic E-state index is 13.0. The highest BCUT2D eigenvalue weighted by Gasteiger charge is 2.29. The van der Waals surface area contributed by atoms with Gasteiger partial charge in [0.05, 0.1) is 51.3 Å². The minimum Gasteiger partial charge on any atom is -0.493 e. The number of hydrogen-bond donors (Lipinski definition) is 1. The predicted molar refractivity (Wildman–Crippen MR) is 133 cm³/mol. The van der Waals surface area contributed by atoms with E-state index in [-0.39, 0.29) is 36.7 Å². The maximum Gasteiger partial charge on any atom is 0.357 e. The highest BCUT2D eigenvalue weighted by Crippen LogP contribution is 2.46. The van der Waals surface area contributed by atoms with Gasteiger partial charge in [0, 0.05) is 5.39 Å². The summed E-state index contributed by atoms with van der Waals surface area (Å²) < 4.78 is 28.2. The third-order valence-corrected chi connectivity index (χ3v) is 5.70. The van der Waals surface area contributed by atoms with Crippen LogP contribution in [0.1, 0.15) is 35.5 Å². The molecule has 190 valence electrons. The molecule has 3 rings (SSSR count). The molecule has 0 atom stereocenters. The van der Waals surface area contributed by atoms with E-state index < -0.39 is 11.9 Å². The van der Waals surface area contributed by atoms with Crippen LogP contribution in [0, 0.1) is 18.3 Å². The number of nitriles is 1. The highest BCUT2D eigenvalue weighted by atomic mass is 16.5. The van der Waals surface area contributed by atoms with Crippen LogP contribution in [0.25, 0.3) is 22.0 Å². The van der Waals surface area contributed by atoms with Gasteiger partial charge >= 0.3 is 11.9 Å². The van der Waals surface area contributed by atoms with Crippen molar-refractivity contribution in [2.45, 2.75) is 27.3 Å². The van der Waals surface area contributed by atoms with Gasteiger partial charge in [-0.3, -0.25) is 4.79 Å². The molecule has 0 amide bonds. The quantitative estimate of drug-likeness (QED) is 0.439. The molecule has 0 spiro atoms. The van der Waals surface area contributed by atoms with E-state index in [4.69, 9.17) is 29.4 Å². The molecule has 0 aliphatic heterocycles. The monoisotopic (exact) mass is 495 g/mol. The molecule has 0 aliphatic rings. The number of rotatable bonds is 9. The number of hydrogen-bond acceptors (Lipinski definition) is 9. The van der Waals surface area contributed by atoms with Gasteiger partial charge in [0.25, 0.3) is 0 Å². The van der Waals surface area contributed by atoms with Gasteiger partial charge < -0.3 is 34.0 Å². The maximum atomic E-state index is 13.0. The first kappa shape index (κ1) is 26.2. The molecular formula is C26H29N3O7. The Balaban J connectivity index is 2.50. The van der Waals surface area contributed by atoms with Gasteiger partial charge in [-0.05, 0) is 55.7 Å². The first-order chi connectivity index (χ1) is 17.3. The van der Waals surface area contributed by atoms with Crippen LogP contribution in [-0.2, 0) is 20.8 Å². The molecule has 0 aliphatic carbocycles. The number of aryl methyl sites for hydroxylation is 1. The third kappa shape index (κ3) is 4.47. The molecule has 0 unspecified atom stereocenters. The van der Waals surface area contributed by atoms with Crippen LogP contribution >= 0.6 is 0 Å². The Hall–Kier alpha value is -4.39. The van der Waals surface area contributed by atoms with Crippen LogP contribution in [0.15, 0.2) is 18.2 Å². The summed E-state index contributed by atoms with van der Waals surface area (Å²) in [5.74, 6) is -0.0594. The summed E-state index contributed by atoms with van der Waals surface area (Å²) >= 11 is 0. The number of fused-ring (bicyclic) bond motifs is 1. The summed E-state index contributed by atoms with van der Waals surface area (Å²) in [5.41, 5.74) is 9.18. The number of aromatic nitrogens is 1. The van der Waals surface area contributed by atoms with Crippen molar-refractivity contribution in [3.63, 3.8) is 0 Å². The SMILES string of the molecule is CCOC(=O)Cn1c(C(=O)OCC)c(N)c2c(-c3cc(OC)c(OC)c(OC)c3)c(C)cc(C#N)c21. The van der Waals surface area contributed by atoms with Crippen LogP contribution in [0.4, 0.5) is 5.69 Å². The van der Waals surface area contributed by atoms with Crippen molar-refractivity contribution in [2.75, 3.05) is 40.3 Å². The molecule has 0 fully saturated rings. The largest absolute Gasteiger partial charge is 0.493 e. The molecule has 0 saturated carbocycles. The Morgan fingerprint density at radius 1 is 1.00 bits per heavy atom. The predicted octanol–water partition coefficient (Wildman–Crippen LogP) is 3.84. The van der Waals surface area contributed by atoms with Gasteiger partial charge in [-0.2, -0.15) is 5.26 Å². The molecule has 2 aromatic carbocycles. The van der Waals surface area contributed by atoms with E-state index in [0.717, 1.165) is 0 Å². The van der Waals surface area contributed by atoms with Crippen LogP contribution in [0.2, 0.25) is 0 Å². The Bertz CT molecular complexity index is 1340. The van der Waals surface area contributed by atoms with Crippen molar-refractivity contribution >= 4 is 28.5 Å². The Morgan fingerprint density at radius 3 is 2.11 bits per heavy atom. The standard InChI is InChI=1S/C26H29N3O7/c1-7-35-19(30)13-29-23-16(12-27)9-14(3)20(21(23)22(28)24(29)26(31)36-8-2)15-10-17(32-4)25(34-6)18(11-15)33-5/h9-11H,7-8,13,28H2,1-6H3. The van der Waals surface area contributed by atoms with E-state index in [2.05, 4.69) is 6.07 Å². The summed E-state index contributed by atoms with van der Waals surface area (Å²) in [6, 6.07) is 7.34. The topological polar surface area (TPSA) is 135 Å². The average Bonchev–Trinajstić information content (AvgIpc) is 3.14. The van der Waals surface area contributed by atoms with E-state index >= 15 is 0 Å². The van der Waals surface area contributed by atoms with E-state index in [0.29, 0.717) is 44.8 Å². The molecule has 0 radical (unpaired) electrons. The number of nitrogens with two attached hydrogens (primary N) is 1. The van der Waals surface area contributed by atoms with E-state index in [1.807, 2.05) is 6.92 Å². The van der Waals surface area contributed by atoms with E-state index in [1.54, 1.807) is 32.0 Å². The molecule has 3 aromatic rings. The molecular weight excluding hydrogens is 466 g/mol. The molecule has 1 aromatic heterocycles. The van der Waals surface area contributed by atoms with Crippen molar-refractivity contribution in [1.29, 1.82) is 5.26 Å². The minimum atomic E-state index is -0.715. The number of nitrogen functional groups attached to an aromatic ring is 1. The van der Waals surface area contributed by atoms with Crippen LogP contribution in [-0.4, -0.2) is 51.0 Å². The zero-order valence-electron chi connectivity index (χ0n) is 21.2. The molecule has 0 bridgehead atoms. The van der Waals surface area contributed by atoms with Crippen molar-refractivity contribution in [3.8, 4) is 34.4 Å². The lowest BCUT2D eigenvalue weighted by molar-refractivity contribution is -0.143. The van der Waals surface area contributed by atoms with Gasteiger partial charge in [-0.25, -0.2) is 4.79 Å². The second kappa shape index (κ2) is 10.9. The normalized spacial score (nSPS) is 10.6.